The number of benzene rings is 2. The number of unbranched alkanes of at least 4 members (excludes halogenated alkanes) is 2. The molecule has 1 unspecified atom stereocenters. The van der Waals surface area contributed by atoms with Crippen LogP contribution in [0.2, 0.25) is 0 Å². The highest BCUT2D eigenvalue weighted by atomic mass is 16.2. The second-order valence-corrected chi connectivity index (χ2v) is 14.5. The van der Waals surface area contributed by atoms with Crippen LogP contribution in [0.25, 0.3) is 16.6 Å². The van der Waals surface area contributed by atoms with Gasteiger partial charge in [-0.3, -0.25) is 24.7 Å². The van der Waals surface area contributed by atoms with Gasteiger partial charge in [-0.1, -0.05) is 36.8 Å². The van der Waals surface area contributed by atoms with Crippen molar-refractivity contribution in [2.45, 2.75) is 69.9 Å². The quantitative estimate of drug-likeness (QED) is 0.0407. The number of hydrogen-bond acceptors (Lipinski definition) is 10. The smallest absolute Gasteiger partial charge is 0.257 e. The molecule has 7 rings (SSSR count). The Bertz CT molecular complexity index is 2080. The summed E-state index contributed by atoms with van der Waals surface area (Å²) in [5.41, 5.74) is 12.8. The predicted molar refractivity (Wildman–Crippen MR) is 217 cm³/mol. The first-order valence-corrected chi connectivity index (χ1v) is 19.4. The van der Waals surface area contributed by atoms with Gasteiger partial charge in [-0.15, -0.1) is 6.58 Å². The number of hydrogen-bond donors (Lipinski definition) is 5. The molecule has 13 nitrogen and oxygen atoms in total. The van der Waals surface area contributed by atoms with E-state index >= 15 is 0 Å². The lowest BCUT2D eigenvalue weighted by molar-refractivity contribution is -0.136. The van der Waals surface area contributed by atoms with Gasteiger partial charge in [0.15, 0.2) is 0 Å². The molecule has 0 bridgehead atoms. The van der Waals surface area contributed by atoms with E-state index in [0.29, 0.717) is 42.6 Å². The number of nitrogens with zero attached hydrogens (tertiary/aromatic N) is 5. The zero-order chi connectivity index (χ0) is 38.1. The lowest BCUT2D eigenvalue weighted by Crippen LogP contribution is -2.52. The number of nitrogens with two attached hydrogens (primary N) is 1. The van der Waals surface area contributed by atoms with Gasteiger partial charge in [0, 0.05) is 67.0 Å². The molecule has 0 aliphatic carbocycles. The molecule has 6 N–H and O–H groups in total. The number of nitrogens with one attached hydrogen (secondary N) is 4. The van der Waals surface area contributed by atoms with Crippen LogP contribution in [0.1, 0.15) is 84.5 Å². The molecule has 2 aromatic heterocycles. The van der Waals surface area contributed by atoms with Crippen LogP contribution in [0.4, 0.5) is 17.3 Å². The summed E-state index contributed by atoms with van der Waals surface area (Å²) in [6, 6.07) is 15.8. The Morgan fingerprint density at radius 1 is 1.02 bits per heavy atom. The Morgan fingerprint density at radius 2 is 1.85 bits per heavy atom. The highest BCUT2D eigenvalue weighted by Crippen LogP contribution is 2.33. The summed E-state index contributed by atoms with van der Waals surface area (Å²) in [7, 11) is 0. The number of imide groups is 1. The molecule has 2 aromatic carbocycles. The van der Waals surface area contributed by atoms with Gasteiger partial charge in [0.05, 0.1) is 11.3 Å². The molecule has 1 atom stereocenters. The van der Waals surface area contributed by atoms with Crippen molar-refractivity contribution in [1.82, 2.24) is 30.1 Å². The Labute approximate surface area is 321 Å². The SMILES string of the molecule is C=CCCN=C/C(=C\N)c1nc(Nc2ccc(C3CCN(CCCCCNc4cccc5c4C(=O)N(C4CCC(=O)NC4=O)C5)CC3)cc2)nc2[nH]ccc12. The number of allylic oxidation sites excluding steroid dienone is 1. The lowest BCUT2D eigenvalue weighted by atomic mass is 9.89. The van der Waals surface area contributed by atoms with Crippen molar-refractivity contribution in [1.29, 1.82) is 0 Å². The number of likely N-dealkylation sites (tertiary alicyclic amines) is 1. The number of carbonyl (C=O) groups excluding carboxylic acids is 3. The van der Waals surface area contributed by atoms with Crippen LogP contribution < -0.4 is 21.7 Å². The number of aromatic amines is 1. The fourth-order valence-corrected chi connectivity index (χ4v) is 7.81. The summed E-state index contributed by atoms with van der Waals surface area (Å²) in [5.74, 6) is 0.211. The topological polar surface area (TPSA) is 174 Å². The average molecular weight is 743 g/mol. The standard InChI is InChI=1S/C42H50N10O3/c1-2-3-19-44-26-31(25-43)38-33-16-21-46-39(33)50-42(49-38)47-32-12-10-28(11-13-32)29-17-23-51(24-18-29)22-6-4-5-20-45-34-9-7-8-30-27-52(41(55)37(30)34)35-14-15-36(53)48-40(35)54/h2,7-13,16,21,25-26,29,35,45H,1,3-6,14-15,17-20,22-24,27,43H2,(H,48,53,54)(H2,46,47,49,50)/b31-25+,44-26?. The molecule has 0 saturated carbocycles. The molecule has 55 heavy (non-hydrogen) atoms. The minimum absolute atomic E-state index is 0.144. The van der Waals surface area contributed by atoms with Crippen molar-refractivity contribution in [3.05, 3.63) is 96.0 Å². The summed E-state index contributed by atoms with van der Waals surface area (Å²) in [4.78, 5) is 58.7. The Balaban J connectivity index is 0.837. The van der Waals surface area contributed by atoms with Crippen LogP contribution in [-0.4, -0.2) is 87.5 Å². The van der Waals surface area contributed by atoms with Gasteiger partial charge in [0.2, 0.25) is 17.8 Å². The highest BCUT2D eigenvalue weighted by Gasteiger charge is 2.40. The van der Waals surface area contributed by atoms with Gasteiger partial charge in [0.1, 0.15) is 11.7 Å². The summed E-state index contributed by atoms with van der Waals surface area (Å²) in [6.07, 6.45) is 13.9. The molecule has 0 radical (unpaired) electrons. The minimum atomic E-state index is -0.604. The van der Waals surface area contributed by atoms with Gasteiger partial charge >= 0.3 is 0 Å². The number of carbonyl (C=O) groups is 3. The maximum absolute atomic E-state index is 13.4. The van der Waals surface area contributed by atoms with E-state index in [-0.39, 0.29) is 24.1 Å². The fraction of sp³-hybridized carbons (Fsp3) is 0.381. The monoisotopic (exact) mass is 742 g/mol. The maximum atomic E-state index is 13.4. The van der Waals surface area contributed by atoms with Crippen LogP contribution in [-0.2, 0) is 16.1 Å². The van der Waals surface area contributed by atoms with Crippen LogP contribution >= 0.6 is 0 Å². The van der Waals surface area contributed by atoms with E-state index in [1.165, 1.54) is 11.8 Å². The van der Waals surface area contributed by atoms with Gasteiger partial charge in [-0.05, 0) is 99.5 Å². The number of aromatic nitrogens is 3. The molecule has 5 heterocycles. The molecule has 13 heteroatoms. The summed E-state index contributed by atoms with van der Waals surface area (Å²) >= 11 is 0. The van der Waals surface area contributed by atoms with Crippen molar-refractivity contribution in [3.63, 3.8) is 0 Å². The van der Waals surface area contributed by atoms with Crippen molar-refractivity contribution in [2.75, 3.05) is 43.4 Å². The zero-order valence-corrected chi connectivity index (χ0v) is 31.2. The van der Waals surface area contributed by atoms with E-state index in [4.69, 9.17) is 10.7 Å². The van der Waals surface area contributed by atoms with E-state index in [1.54, 1.807) is 11.1 Å². The van der Waals surface area contributed by atoms with Gasteiger partial charge < -0.3 is 31.2 Å². The number of rotatable bonds is 16. The van der Waals surface area contributed by atoms with Crippen molar-refractivity contribution in [2.24, 2.45) is 10.7 Å². The first kappa shape index (κ1) is 37.5. The third-order valence-corrected chi connectivity index (χ3v) is 10.8. The minimum Gasteiger partial charge on any atom is -0.404 e. The average Bonchev–Trinajstić information content (AvgIpc) is 3.81. The molecule has 3 aliphatic heterocycles. The Morgan fingerprint density at radius 3 is 2.64 bits per heavy atom. The number of amides is 3. The van der Waals surface area contributed by atoms with E-state index in [1.807, 2.05) is 36.5 Å². The van der Waals surface area contributed by atoms with Gasteiger partial charge in [0.25, 0.3) is 5.91 Å². The number of piperidine rings is 2. The third kappa shape index (κ3) is 8.78. The van der Waals surface area contributed by atoms with Crippen molar-refractivity contribution in [3.8, 4) is 0 Å². The highest BCUT2D eigenvalue weighted by molar-refractivity contribution is 6.13. The van der Waals surface area contributed by atoms with Crippen molar-refractivity contribution < 1.29 is 14.4 Å². The number of H-pyrrole nitrogens is 1. The van der Waals surface area contributed by atoms with E-state index in [0.717, 1.165) is 98.2 Å². The van der Waals surface area contributed by atoms with Crippen LogP contribution in [0.3, 0.4) is 0 Å². The Kier molecular flexibility index (Phi) is 12.0. The molecule has 4 aromatic rings. The zero-order valence-electron chi connectivity index (χ0n) is 31.2. The maximum Gasteiger partial charge on any atom is 0.257 e. The fourth-order valence-electron chi connectivity index (χ4n) is 7.81. The first-order valence-electron chi connectivity index (χ1n) is 19.4. The number of fused-ring (bicyclic) bond motifs is 2. The first-order chi connectivity index (χ1) is 26.9. The number of aliphatic imine (C=N–C) groups is 1. The van der Waals surface area contributed by atoms with E-state index < -0.39 is 6.04 Å². The molecule has 286 valence electrons. The van der Waals surface area contributed by atoms with E-state index in [9.17, 15) is 14.4 Å². The Hall–Kier alpha value is -5.82. The molecular weight excluding hydrogens is 693 g/mol. The van der Waals surface area contributed by atoms with Crippen LogP contribution in [0, 0.1) is 0 Å². The van der Waals surface area contributed by atoms with Gasteiger partial charge in [-0.25, -0.2) is 4.98 Å². The summed E-state index contributed by atoms with van der Waals surface area (Å²) in [5, 5.41) is 10.1. The molecule has 2 fully saturated rings. The lowest BCUT2D eigenvalue weighted by Gasteiger charge is -2.32. The molecular formula is C42H50N10O3. The predicted octanol–water partition coefficient (Wildman–Crippen LogP) is 5.87. The van der Waals surface area contributed by atoms with Crippen LogP contribution in [0.15, 0.2) is 78.6 Å². The molecule has 3 amide bonds. The number of anilines is 3. The van der Waals surface area contributed by atoms with Crippen molar-refractivity contribution >= 4 is 57.9 Å². The second-order valence-electron chi connectivity index (χ2n) is 14.5. The molecule has 3 aliphatic rings. The van der Waals surface area contributed by atoms with E-state index in [2.05, 4.69) is 66.7 Å². The summed E-state index contributed by atoms with van der Waals surface area (Å²) < 4.78 is 0. The molecule has 2 saturated heterocycles. The third-order valence-electron chi connectivity index (χ3n) is 10.8. The largest absolute Gasteiger partial charge is 0.404 e. The summed E-state index contributed by atoms with van der Waals surface area (Å²) in [6.45, 7) is 8.82. The normalized spacial score (nSPS) is 18.3. The van der Waals surface area contributed by atoms with Crippen LogP contribution in [0.5, 0.6) is 0 Å². The molecule has 0 spiro atoms. The van der Waals surface area contributed by atoms with Gasteiger partial charge in [-0.2, -0.15) is 4.98 Å². The second kappa shape index (κ2) is 17.5.